The average molecular weight is 343 g/mol. The van der Waals surface area contributed by atoms with Crippen molar-refractivity contribution < 1.29 is 4.52 Å². The summed E-state index contributed by atoms with van der Waals surface area (Å²) in [7, 11) is 0. The molecule has 0 aliphatic carbocycles. The lowest BCUT2D eigenvalue weighted by molar-refractivity contribution is 0.432. The third-order valence-corrected chi connectivity index (χ3v) is 3.97. The standard InChI is InChI=1S/C20H17N5O/c1-2-14-9-11-22-18(12-14)19-24-20(26-25-19)15-5-7-16(8-6-15)23-17-4-3-10-21-13-17/h3-13,23H,2H2,1H3. The monoisotopic (exact) mass is 343 g/mol. The van der Waals surface area contributed by atoms with E-state index in [1.54, 1.807) is 18.6 Å². The molecule has 0 saturated heterocycles. The molecule has 26 heavy (non-hydrogen) atoms. The maximum absolute atomic E-state index is 5.41. The Kier molecular flexibility index (Phi) is 4.38. The minimum atomic E-state index is 0.469. The van der Waals surface area contributed by atoms with Crippen LogP contribution in [0.15, 0.2) is 71.6 Å². The lowest BCUT2D eigenvalue weighted by Crippen LogP contribution is -1.90. The molecule has 0 saturated carbocycles. The van der Waals surface area contributed by atoms with E-state index in [2.05, 4.69) is 32.3 Å². The summed E-state index contributed by atoms with van der Waals surface area (Å²) in [5.41, 5.74) is 4.65. The second-order valence-electron chi connectivity index (χ2n) is 5.77. The third kappa shape index (κ3) is 3.44. The predicted molar refractivity (Wildman–Crippen MR) is 99.9 cm³/mol. The number of rotatable bonds is 5. The highest BCUT2D eigenvalue weighted by molar-refractivity contribution is 5.64. The Balaban J connectivity index is 1.54. The minimum Gasteiger partial charge on any atom is -0.354 e. The molecule has 0 radical (unpaired) electrons. The van der Waals surface area contributed by atoms with Crippen LogP contribution >= 0.6 is 0 Å². The molecular weight excluding hydrogens is 326 g/mol. The molecule has 0 atom stereocenters. The molecule has 0 aliphatic rings. The normalized spacial score (nSPS) is 10.7. The van der Waals surface area contributed by atoms with E-state index in [1.807, 2.05) is 48.5 Å². The van der Waals surface area contributed by atoms with Crippen molar-refractivity contribution in [2.24, 2.45) is 0 Å². The molecule has 1 aromatic carbocycles. The van der Waals surface area contributed by atoms with Crippen LogP contribution in [-0.2, 0) is 6.42 Å². The van der Waals surface area contributed by atoms with Gasteiger partial charge in [0.2, 0.25) is 5.82 Å². The van der Waals surface area contributed by atoms with E-state index in [4.69, 9.17) is 4.52 Å². The van der Waals surface area contributed by atoms with Gasteiger partial charge in [-0.1, -0.05) is 12.1 Å². The lowest BCUT2D eigenvalue weighted by Gasteiger charge is -2.05. The van der Waals surface area contributed by atoms with E-state index in [9.17, 15) is 0 Å². The van der Waals surface area contributed by atoms with Gasteiger partial charge in [-0.3, -0.25) is 9.97 Å². The van der Waals surface area contributed by atoms with Gasteiger partial charge >= 0.3 is 0 Å². The van der Waals surface area contributed by atoms with Crippen LogP contribution in [0.1, 0.15) is 12.5 Å². The van der Waals surface area contributed by atoms with Crippen molar-refractivity contribution in [2.75, 3.05) is 5.32 Å². The first-order valence-electron chi connectivity index (χ1n) is 8.38. The summed E-state index contributed by atoms with van der Waals surface area (Å²) in [6.45, 7) is 2.10. The van der Waals surface area contributed by atoms with E-state index in [1.165, 1.54) is 5.56 Å². The molecule has 3 heterocycles. The summed E-state index contributed by atoms with van der Waals surface area (Å²) >= 11 is 0. The molecule has 6 heteroatoms. The molecule has 0 amide bonds. The zero-order chi connectivity index (χ0) is 17.8. The summed E-state index contributed by atoms with van der Waals surface area (Å²) in [4.78, 5) is 12.9. The van der Waals surface area contributed by atoms with Crippen molar-refractivity contribution in [2.45, 2.75) is 13.3 Å². The maximum atomic E-state index is 5.41. The summed E-state index contributed by atoms with van der Waals surface area (Å²) in [6, 6.07) is 15.6. The Morgan fingerprint density at radius 3 is 2.65 bits per heavy atom. The van der Waals surface area contributed by atoms with E-state index < -0.39 is 0 Å². The molecule has 4 aromatic rings. The summed E-state index contributed by atoms with van der Waals surface area (Å²) < 4.78 is 5.41. The van der Waals surface area contributed by atoms with Crippen LogP contribution in [0.5, 0.6) is 0 Å². The third-order valence-electron chi connectivity index (χ3n) is 3.97. The number of hydrogen-bond donors (Lipinski definition) is 1. The van der Waals surface area contributed by atoms with Gasteiger partial charge in [0.25, 0.3) is 5.89 Å². The predicted octanol–water partition coefficient (Wildman–Crippen LogP) is 4.50. The van der Waals surface area contributed by atoms with Gasteiger partial charge in [-0.25, -0.2) is 0 Å². The van der Waals surface area contributed by atoms with Gasteiger partial charge < -0.3 is 9.84 Å². The van der Waals surface area contributed by atoms with Crippen LogP contribution in [0, 0.1) is 0 Å². The molecule has 0 aliphatic heterocycles. The maximum Gasteiger partial charge on any atom is 0.258 e. The van der Waals surface area contributed by atoms with Gasteiger partial charge in [-0.15, -0.1) is 0 Å². The van der Waals surface area contributed by atoms with Gasteiger partial charge in [0.1, 0.15) is 5.69 Å². The van der Waals surface area contributed by atoms with Crippen LogP contribution in [0.25, 0.3) is 23.0 Å². The summed E-state index contributed by atoms with van der Waals surface area (Å²) in [6.07, 6.45) is 6.22. The number of anilines is 2. The molecule has 0 unspecified atom stereocenters. The topological polar surface area (TPSA) is 76.7 Å². The number of nitrogens with zero attached hydrogens (tertiary/aromatic N) is 4. The Bertz CT molecular complexity index is 996. The van der Waals surface area contributed by atoms with E-state index >= 15 is 0 Å². The first-order valence-corrected chi connectivity index (χ1v) is 8.38. The fourth-order valence-electron chi connectivity index (χ4n) is 2.56. The van der Waals surface area contributed by atoms with Crippen LogP contribution in [0.3, 0.4) is 0 Å². The number of benzene rings is 1. The van der Waals surface area contributed by atoms with Crippen LogP contribution < -0.4 is 5.32 Å². The van der Waals surface area contributed by atoms with E-state index in [0.717, 1.165) is 23.4 Å². The van der Waals surface area contributed by atoms with Crippen LogP contribution in [0.4, 0.5) is 11.4 Å². The smallest absolute Gasteiger partial charge is 0.258 e. The second kappa shape index (κ2) is 7.14. The zero-order valence-electron chi connectivity index (χ0n) is 14.3. The quantitative estimate of drug-likeness (QED) is 0.575. The van der Waals surface area contributed by atoms with Crippen molar-refractivity contribution >= 4 is 11.4 Å². The highest BCUT2D eigenvalue weighted by Gasteiger charge is 2.12. The number of nitrogens with one attached hydrogen (secondary N) is 1. The van der Waals surface area contributed by atoms with Gasteiger partial charge in [0.15, 0.2) is 0 Å². The SMILES string of the molecule is CCc1ccnc(-c2noc(-c3ccc(Nc4cccnc4)cc3)n2)c1. The number of pyridine rings is 2. The fourth-order valence-corrected chi connectivity index (χ4v) is 2.56. The first kappa shape index (κ1) is 16.0. The Labute approximate surface area is 151 Å². The highest BCUT2D eigenvalue weighted by atomic mass is 16.5. The number of aromatic nitrogens is 4. The zero-order valence-corrected chi connectivity index (χ0v) is 14.3. The van der Waals surface area contributed by atoms with Gasteiger partial charge in [0, 0.05) is 23.6 Å². The lowest BCUT2D eigenvalue weighted by atomic mass is 10.2. The number of aryl methyl sites for hydroxylation is 1. The van der Waals surface area contributed by atoms with Crippen molar-refractivity contribution in [3.8, 4) is 23.0 Å². The van der Waals surface area contributed by atoms with Crippen molar-refractivity contribution in [3.63, 3.8) is 0 Å². The van der Waals surface area contributed by atoms with Gasteiger partial charge in [0.05, 0.1) is 11.9 Å². The molecule has 3 aromatic heterocycles. The van der Waals surface area contributed by atoms with Gasteiger partial charge in [-0.2, -0.15) is 4.98 Å². The molecule has 0 spiro atoms. The minimum absolute atomic E-state index is 0.469. The van der Waals surface area contributed by atoms with Gasteiger partial charge in [-0.05, 0) is 60.5 Å². The Morgan fingerprint density at radius 2 is 1.88 bits per heavy atom. The Hall–Kier alpha value is -3.54. The molecule has 4 rings (SSSR count). The summed E-state index contributed by atoms with van der Waals surface area (Å²) in [5, 5.41) is 7.34. The van der Waals surface area contributed by atoms with Crippen molar-refractivity contribution in [3.05, 3.63) is 72.7 Å². The molecular formula is C20H17N5O. The summed E-state index contributed by atoms with van der Waals surface area (Å²) in [5.74, 6) is 0.962. The van der Waals surface area contributed by atoms with Crippen molar-refractivity contribution in [1.82, 2.24) is 20.1 Å². The molecule has 6 nitrogen and oxygen atoms in total. The Morgan fingerprint density at radius 1 is 1.00 bits per heavy atom. The fraction of sp³-hybridized carbons (Fsp3) is 0.100. The largest absolute Gasteiger partial charge is 0.354 e. The molecule has 0 bridgehead atoms. The van der Waals surface area contributed by atoms with Crippen molar-refractivity contribution in [1.29, 1.82) is 0 Å². The molecule has 0 fully saturated rings. The van der Waals surface area contributed by atoms with Crippen LogP contribution in [0.2, 0.25) is 0 Å². The van der Waals surface area contributed by atoms with Crippen LogP contribution in [-0.4, -0.2) is 20.1 Å². The van der Waals surface area contributed by atoms with E-state index in [-0.39, 0.29) is 0 Å². The second-order valence-corrected chi connectivity index (χ2v) is 5.77. The molecule has 128 valence electrons. The van der Waals surface area contributed by atoms with E-state index in [0.29, 0.717) is 17.4 Å². The molecule has 1 N–H and O–H groups in total. The highest BCUT2D eigenvalue weighted by Crippen LogP contribution is 2.24. The first-order chi connectivity index (χ1) is 12.8. The average Bonchev–Trinajstić information content (AvgIpc) is 3.20. The number of hydrogen-bond acceptors (Lipinski definition) is 6.